The molecule has 0 bridgehead atoms. The van der Waals surface area contributed by atoms with Crippen molar-refractivity contribution in [2.24, 2.45) is 7.05 Å². The van der Waals surface area contributed by atoms with Crippen molar-refractivity contribution in [3.63, 3.8) is 0 Å². The van der Waals surface area contributed by atoms with E-state index < -0.39 is 0 Å². The van der Waals surface area contributed by atoms with E-state index >= 15 is 0 Å². The fraction of sp³-hybridized carbons (Fsp3) is 0.400. The predicted octanol–water partition coefficient (Wildman–Crippen LogP) is 3.68. The third kappa shape index (κ3) is 3.14. The lowest BCUT2D eigenvalue weighted by atomic mass is 9.94. The molecule has 0 saturated carbocycles. The summed E-state index contributed by atoms with van der Waals surface area (Å²) in [4.78, 5) is 0. The first-order valence-corrected chi connectivity index (χ1v) is 6.83. The molecule has 1 unspecified atom stereocenters. The molecule has 1 atom stereocenters. The Balaban J connectivity index is 2.01. The first kappa shape index (κ1) is 13.2. The summed E-state index contributed by atoms with van der Waals surface area (Å²) < 4.78 is 1.93. The Bertz CT molecular complexity index is 487. The van der Waals surface area contributed by atoms with Crippen molar-refractivity contribution in [1.82, 2.24) is 9.78 Å². The predicted molar refractivity (Wildman–Crippen MR) is 76.2 cm³/mol. The Labute approximate surface area is 114 Å². The number of halogens is 1. The molecule has 0 aliphatic rings. The molecule has 0 N–H and O–H groups in total. The zero-order chi connectivity index (χ0) is 13.0. The van der Waals surface area contributed by atoms with E-state index in [0.29, 0.717) is 11.8 Å². The quantitative estimate of drug-likeness (QED) is 0.752. The zero-order valence-corrected chi connectivity index (χ0v) is 11.7. The summed E-state index contributed by atoms with van der Waals surface area (Å²) in [5.74, 6) is 1.09. The molecule has 2 nitrogen and oxygen atoms in total. The van der Waals surface area contributed by atoms with E-state index in [0.717, 1.165) is 12.8 Å². The molecule has 18 heavy (non-hydrogen) atoms. The van der Waals surface area contributed by atoms with Crippen LogP contribution >= 0.6 is 11.6 Å². The van der Waals surface area contributed by atoms with Gasteiger partial charge in [-0.15, -0.1) is 11.6 Å². The van der Waals surface area contributed by atoms with Gasteiger partial charge in [0.25, 0.3) is 0 Å². The highest BCUT2D eigenvalue weighted by Crippen LogP contribution is 2.23. The summed E-state index contributed by atoms with van der Waals surface area (Å²) in [6.07, 6.45) is 3.92. The minimum absolute atomic E-state index is 0.419. The maximum Gasteiger partial charge on any atom is 0.0492 e. The van der Waals surface area contributed by atoms with Crippen LogP contribution in [0.3, 0.4) is 0 Å². The normalized spacial score (nSPS) is 12.6. The topological polar surface area (TPSA) is 17.8 Å². The third-order valence-electron chi connectivity index (χ3n) is 3.41. The molecule has 1 aromatic heterocycles. The number of alkyl halides is 1. The Morgan fingerprint density at radius 1 is 1.22 bits per heavy atom. The third-order valence-corrected chi connectivity index (χ3v) is 3.78. The van der Waals surface area contributed by atoms with Gasteiger partial charge in [0, 0.05) is 24.8 Å². The highest BCUT2D eigenvalue weighted by atomic mass is 35.5. The first-order valence-electron chi connectivity index (χ1n) is 6.30. The number of benzene rings is 1. The van der Waals surface area contributed by atoms with Crippen molar-refractivity contribution in [2.45, 2.75) is 25.7 Å². The van der Waals surface area contributed by atoms with Gasteiger partial charge >= 0.3 is 0 Å². The van der Waals surface area contributed by atoms with Crippen molar-refractivity contribution in [2.75, 3.05) is 5.88 Å². The second kappa shape index (κ2) is 6.05. The van der Waals surface area contributed by atoms with E-state index in [2.05, 4.69) is 42.4 Å². The van der Waals surface area contributed by atoms with Crippen LogP contribution in [0.1, 0.15) is 29.2 Å². The van der Waals surface area contributed by atoms with Crippen molar-refractivity contribution < 1.29 is 0 Å². The average molecular weight is 263 g/mol. The first-order chi connectivity index (χ1) is 8.70. The summed E-state index contributed by atoms with van der Waals surface area (Å²) in [6.45, 7) is 2.11. The molecule has 1 heterocycles. The second-order valence-electron chi connectivity index (χ2n) is 4.75. The van der Waals surface area contributed by atoms with Crippen LogP contribution in [0.15, 0.2) is 36.5 Å². The summed E-state index contributed by atoms with van der Waals surface area (Å²) in [5.41, 5.74) is 3.88. The molecule has 0 aliphatic carbocycles. The highest BCUT2D eigenvalue weighted by molar-refractivity contribution is 6.18. The number of aryl methyl sites for hydroxylation is 3. The molecule has 1 aromatic carbocycles. The Hall–Kier alpha value is -1.28. The van der Waals surface area contributed by atoms with Crippen LogP contribution in [-0.2, 0) is 13.5 Å². The van der Waals surface area contributed by atoms with Gasteiger partial charge in [-0.2, -0.15) is 5.10 Å². The van der Waals surface area contributed by atoms with Crippen molar-refractivity contribution in [1.29, 1.82) is 0 Å². The lowest BCUT2D eigenvalue weighted by Crippen LogP contribution is -2.05. The molecule has 2 rings (SSSR count). The van der Waals surface area contributed by atoms with E-state index in [1.807, 2.05) is 17.9 Å². The minimum atomic E-state index is 0.419. The van der Waals surface area contributed by atoms with E-state index in [9.17, 15) is 0 Å². The largest absolute Gasteiger partial charge is 0.273 e. The van der Waals surface area contributed by atoms with Crippen LogP contribution in [0.4, 0.5) is 0 Å². The molecule has 0 fully saturated rings. The maximum absolute atomic E-state index is 6.10. The standard InChI is InChI=1S/C15H19ClN2/c1-12-3-5-13(6-4-12)14(11-16)7-8-15-9-10-17-18(15)2/h3-6,9-10,14H,7-8,11H2,1-2H3. The van der Waals surface area contributed by atoms with Crippen LogP contribution in [0, 0.1) is 6.92 Å². The molecule has 0 amide bonds. The van der Waals surface area contributed by atoms with Gasteiger partial charge in [0.15, 0.2) is 0 Å². The Morgan fingerprint density at radius 3 is 2.50 bits per heavy atom. The van der Waals surface area contributed by atoms with E-state index in [-0.39, 0.29) is 0 Å². The summed E-state index contributed by atoms with van der Waals surface area (Å²) >= 11 is 6.10. The van der Waals surface area contributed by atoms with Gasteiger partial charge in [0.1, 0.15) is 0 Å². The molecular weight excluding hydrogens is 244 g/mol. The molecule has 96 valence electrons. The Kier molecular flexibility index (Phi) is 4.43. The summed E-state index contributed by atoms with van der Waals surface area (Å²) in [7, 11) is 1.98. The van der Waals surface area contributed by atoms with E-state index in [1.165, 1.54) is 16.8 Å². The van der Waals surface area contributed by atoms with E-state index in [4.69, 9.17) is 11.6 Å². The summed E-state index contributed by atoms with van der Waals surface area (Å²) in [6, 6.07) is 10.7. The molecule has 0 radical (unpaired) electrons. The van der Waals surface area contributed by atoms with Gasteiger partial charge in [0.2, 0.25) is 0 Å². The second-order valence-corrected chi connectivity index (χ2v) is 5.06. The number of hydrogen-bond donors (Lipinski definition) is 0. The molecule has 2 aromatic rings. The number of aromatic nitrogens is 2. The monoisotopic (exact) mass is 262 g/mol. The van der Waals surface area contributed by atoms with Crippen molar-refractivity contribution in [3.8, 4) is 0 Å². The Morgan fingerprint density at radius 2 is 1.94 bits per heavy atom. The molecule has 0 spiro atoms. The molecule has 3 heteroatoms. The SMILES string of the molecule is Cc1ccc(C(CCl)CCc2ccnn2C)cc1. The van der Waals surface area contributed by atoms with Gasteiger partial charge in [0.05, 0.1) is 0 Å². The number of rotatable bonds is 5. The number of nitrogens with zero attached hydrogens (tertiary/aromatic N) is 2. The van der Waals surface area contributed by atoms with Gasteiger partial charge in [-0.3, -0.25) is 4.68 Å². The minimum Gasteiger partial charge on any atom is -0.273 e. The number of hydrogen-bond acceptors (Lipinski definition) is 1. The van der Waals surface area contributed by atoms with E-state index in [1.54, 1.807) is 0 Å². The maximum atomic E-state index is 6.10. The van der Waals surface area contributed by atoms with Gasteiger partial charge in [-0.25, -0.2) is 0 Å². The van der Waals surface area contributed by atoms with Crippen LogP contribution in [0.2, 0.25) is 0 Å². The lowest BCUT2D eigenvalue weighted by Gasteiger charge is -2.14. The zero-order valence-electron chi connectivity index (χ0n) is 10.9. The summed E-state index contributed by atoms with van der Waals surface area (Å²) in [5, 5.41) is 4.19. The molecule has 0 aliphatic heterocycles. The fourth-order valence-electron chi connectivity index (χ4n) is 2.14. The van der Waals surface area contributed by atoms with Crippen molar-refractivity contribution in [3.05, 3.63) is 53.3 Å². The molecule has 0 saturated heterocycles. The molecular formula is C15H19ClN2. The smallest absolute Gasteiger partial charge is 0.0492 e. The van der Waals surface area contributed by atoms with Crippen LogP contribution in [-0.4, -0.2) is 15.7 Å². The van der Waals surface area contributed by atoms with Crippen molar-refractivity contribution >= 4 is 11.6 Å². The van der Waals surface area contributed by atoms with Crippen LogP contribution < -0.4 is 0 Å². The van der Waals surface area contributed by atoms with Crippen LogP contribution in [0.5, 0.6) is 0 Å². The van der Waals surface area contributed by atoms with Gasteiger partial charge in [-0.05, 0) is 37.3 Å². The fourth-order valence-corrected chi connectivity index (χ4v) is 2.47. The van der Waals surface area contributed by atoms with Gasteiger partial charge < -0.3 is 0 Å². The average Bonchev–Trinajstić information content (AvgIpc) is 2.78. The van der Waals surface area contributed by atoms with Crippen LogP contribution in [0.25, 0.3) is 0 Å². The highest BCUT2D eigenvalue weighted by Gasteiger charge is 2.11. The van der Waals surface area contributed by atoms with Gasteiger partial charge in [-0.1, -0.05) is 29.8 Å². The lowest BCUT2D eigenvalue weighted by molar-refractivity contribution is 0.634.